The van der Waals surface area contributed by atoms with Crippen LogP contribution < -0.4 is 43.7 Å². The van der Waals surface area contributed by atoms with Crippen LogP contribution in [0.3, 0.4) is 0 Å². The first kappa shape index (κ1) is 22.9. The van der Waals surface area contributed by atoms with Crippen LogP contribution >= 0.6 is 0 Å². The molecule has 1 rings (SSSR count). The number of hydrogen-bond acceptors (Lipinski definition) is 1. The predicted molar refractivity (Wildman–Crippen MR) is 35.7 cm³/mol. The van der Waals surface area contributed by atoms with E-state index in [0.29, 0.717) is 5.56 Å². The van der Waals surface area contributed by atoms with Gasteiger partial charge in [-0.15, -0.1) is 0 Å². The molecule has 0 aliphatic rings. The molecule has 54 valence electrons. The van der Waals surface area contributed by atoms with Crippen molar-refractivity contribution < 1.29 is 43.7 Å². The number of hydrogen-bond donors (Lipinski definition) is 0. The quantitative estimate of drug-likeness (QED) is 0.304. The number of nitrogens with zero attached hydrogens (tertiary/aromatic N) is 1. The Hall–Kier alpha value is 0.654. The van der Waals surface area contributed by atoms with Gasteiger partial charge in [-0.3, -0.25) is 0 Å². The van der Waals surface area contributed by atoms with Crippen LogP contribution in [0.25, 0.3) is 0 Å². The van der Waals surface area contributed by atoms with Crippen molar-refractivity contribution in [3.8, 4) is 6.07 Å². The molecule has 5 heteroatoms. The van der Waals surface area contributed by atoms with Gasteiger partial charge in [0.25, 0.3) is 0 Å². The molecule has 0 N–H and O–H groups in total. The first-order valence-corrected chi connectivity index (χ1v) is 2.29. The van der Waals surface area contributed by atoms with Gasteiger partial charge in [-0.1, -0.05) is 5.56 Å². The summed E-state index contributed by atoms with van der Waals surface area (Å²) in [5.74, 6) is 0. The van der Waals surface area contributed by atoms with Crippen LogP contribution in [0.1, 0.15) is 5.56 Å². The van der Waals surface area contributed by atoms with E-state index in [1.54, 1.807) is 24.3 Å². The molecule has 0 bridgehead atoms. The molecule has 12 heavy (non-hydrogen) atoms. The molecule has 0 fully saturated rings. The van der Waals surface area contributed by atoms with Gasteiger partial charge in [0.15, 0.2) is 0 Å². The summed E-state index contributed by atoms with van der Waals surface area (Å²) in [6.07, 6.45) is 0. The monoisotopic (exact) mass is 203 g/mol. The SMILES string of the molecule is N#Cc1c[c-]ccc1.[Cl-].[Cl-].[Li+].[Mg+2]. The van der Waals surface area contributed by atoms with Gasteiger partial charge in [-0.05, 0) is 0 Å². The Kier molecular flexibility index (Phi) is 27.1. The maximum absolute atomic E-state index is 8.27. The Morgan fingerprint density at radius 2 is 1.92 bits per heavy atom. The molecule has 0 radical (unpaired) electrons. The summed E-state index contributed by atoms with van der Waals surface area (Å²) in [7, 11) is 0. The van der Waals surface area contributed by atoms with Gasteiger partial charge in [-0.2, -0.15) is 30.3 Å². The van der Waals surface area contributed by atoms with E-state index in [0.717, 1.165) is 0 Å². The molecule has 0 amide bonds. The summed E-state index contributed by atoms with van der Waals surface area (Å²) in [6, 6.07) is 11.7. The summed E-state index contributed by atoms with van der Waals surface area (Å²) in [4.78, 5) is 0. The van der Waals surface area contributed by atoms with Crippen LogP contribution in [-0.2, 0) is 0 Å². The Bertz CT molecular complexity index is 212. The van der Waals surface area contributed by atoms with E-state index in [1.165, 1.54) is 0 Å². The standard InChI is InChI=1S/C7H4N.2ClH.Li.Mg/c8-6-7-4-2-1-3-5-7;;;;/h1-2,4-5H;2*1H;;/q-1;;;+1;+2/p-2. The van der Waals surface area contributed by atoms with Crippen molar-refractivity contribution in [2.45, 2.75) is 0 Å². The second-order valence-electron chi connectivity index (χ2n) is 1.40. The largest absolute Gasteiger partial charge is 2.00 e. The fourth-order valence-corrected chi connectivity index (χ4v) is 0.463. The van der Waals surface area contributed by atoms with Gasteiger partial charge in [0.05, 0.1) is 0 Å². The van der Waals surface area contributed by atoms with Crippen LogP contribution in [-0.4, -0.2) is 23.1 Å². The summed E-state index contributed by atoms with van der Waals surface area (Å²) >= 11 is 0. The summed E-state index contributed by atoms with van der Waals surface area (Å²) in [5.41, 5.74) is 0.660. The molecular weight excluding hydrogens is 200 g/mol. The molecule has 0 saturated heterocycles. The molecule has 0 aliphatic heterocycles. The third-order valence-corrected chi connectivity index (χ3v) is 0.836. The first-order chi connectivity index (χ1) is 3.93. The smallest absolute Gasteiger partial charge is 1.00 e. The maximum atomic E-state index is 8.27. The van der Waals surface area contributed by atoms with Crippen LogP contribution in [0, 0.1) is 17.4 Å². The molecule has 1 nitrogen and oxygen atoms in total. The van der Waals surface area contributed by atoms with E-state index < -0.39 is 0 Å². The molecule has 1 aromatic rings. The summed E-state index contributed by atoms with van der Waals surface area (Å²) in [5, 5.41) is 8.27. The Morgan fingerprint density at radius 3 is 2.17 bits per heavy atom. The Labute approximate surface area is 113 Å². The van der Waals surface area contributed by atoms with Crippen molar-refractivity contribution in [1.29, 1.82) is 5.26 Å². The third-order valence-electron chi connectivity index (χ3n) is 0.836. The number of halogens is 2. The maximum Gasteiger partial charge on any atom is 2.00 e. The van der Waals surface area contributed by atoms with Gasteiger partial charge in [0, 0.05) is 6.07 Å². The summed E-state index contributed by atoms with van der Waals surface area (Å²) < 4.78 is 0. The van der Waals surface area contributed by atoms with Crippen molar-refractivity contribution in [3.63, 3.8) is 0 Å². The van der Waals surface area contributed by atoms with Crippen molar-refractivity contribution >= 4 is 23.1 Å². The minimum absolute atomic E-state index is 0. The van der Waals surface area contributed by atoms with Gasteiger partial charge in [0.1, 0.15) is 0 Å². The molecule has 0 aliphatic carbocycles. The van der Waals surface area contributed by atoms with E-state index in [1.807, 2.05) is 6.07 Å². The fourth-order valence-electron chi connectivity index (χ4n) is 0.463. The zero-order valence-corrected chi connectivity index (χ0v) is 9.65. The van der Waals surface area contributed by atoms with Crippen molar-refractivity contribution in [1.82, 2.24) is 0 Å². The zero-order valence-electron chi connectivity index (χ0n) is 6.72. The van der Waals surface area contributed by atoms with E-state index >= 15 is 0 Å². The molecule has 1 aromatic carbocycles. The fraction of sp³-hybridized carbons (Fsp3) is 0. The molecule has 0 unspecified atom stereocenters. The first-order valence-electron chi connectivity index (χ1n) is 2.29. The van der Waals surface area contributed by atoms with Gasteiger partial charge < -0.3 is 24.8 Å². The average molecular weight is 204 g/mol. The third kappa shape index (κ3) is 8.75. The molecule has 0 saturated carbocycles. The minimum atomic E-state index is 0. The predicted octanol–water partition coefficient (Wildman–Crippen LogP) is -8.01. The molecule has 0 spiro atoms. The van der Waals surface area contributed by atoms with Crippen molar-refractivity contribution in [3.05, 3.63) is 35.9 Å². The topological polar surface area (TPSA) is 23.8 Å². The van der Waals surface area contributed by atoms with Crippen LogP contribution in [0.15, 0.2) is 24.3 Å². The number of rotatable bonds is 0. The van der Waals surface area contributed by atoms with Crippen LogP contribution in [0.2, 0.25) is 0 Å². The molecule has 0 aromatic heterocycles. The second kappa shape index (κ2) is 14.2. The zero-order chi connectivity index (χ0) is 5.82. The van der Waals surface area contributed by atoms with E-state index in [-0.39, 0.29) is 66.7 Å². The van der Waals surface area contributed by atoms with E-state index in [4.69, 9.17) is 5.26 Å². The van der Waals surface area contributed by atoms with Crippen molar-refractivity contribution in [2.24, 2.45) is 0 Å². The Balaban J connectivity index is -0.0000000800. The second-order valence-corrected chi connectivity index (χ2v) is 1.40. The molecule has 0 atom stereocenters. The average Bonchev–Trinajstić information content (AvgIpc) is 1.90. The van der Waals surface area contributed by atoms with E-state index in [9.17, 15) is 0 Å². The molecular formula is C7H4Cl2LiMgN. The van der Waals surface area contributed by atoms with Gasteiger partial charge in [0.2, 0.25) is 0 Å². The summed E-state index contributed by atoms with van der Waals surface area (Å²) in [6.45, 7) is 0. The van der Waals surface area contributed by atoms with Crippen molar-refractivity contribution in [2.75, 3.05) is 0 Å². The number of nitriles is 1. The molecule has 0 heterocycles. The van der Waals surface area contributed by atoms with Crippen LogP contribution in [0.4, 0.5) is 0 Å². The van der Waals surface area contributed by atoms with Gasteiger partial charge >= 0.3 is 41.9 Å². The minimum Gasteiger partial charge on any atom is -1.00 e. The van der Waals surface area contributed by atoms with Gasteiger partial charge in [-0.25, -0.2) is 5.26 Å². The normalized spacial score (nSPS) is 5.25. The van der Waals surface area contributed by atoms with Crippen LogP contribution in [0.5, 0.6) is 0 Å². The Morgan fingerprint density at radius 1 is 1.33 bits per heavy atom. The van der Waals surface area contributed by atoms with E-state index in [2.05, 4.69) is 6.07 Å². The number of benzene rings is 1.